The van der Waals surface area contributed by atoms with Crippen LogP contribution in [0.25, 0.3) is 0 Å². The number of nitrogens with zero attached hydrogens (tertiary/aromatic N) is 3. The Bertz CT molecular complexity index is 662. The minimum atomic E-state index is -0.148. The summed E-state index contributed by atoms with van der Waals surface area (Å²) in [6.07, 6.45) is 2.15. The summed E-state index contributed by atoms with van der Waals surface area (Å²) in [6, 6.07) is 7.39. The van der Waals surface area contributed by atoms with Crippen molar-refractivity contribution in [2.45, 2.75) is 6.42 Å². The summed E-state index contributed by atoms with van der Waals surface area (Å²) < 4.78 is 1.02. The Balaban J connectivity index is 1.95. The Morgan fingerprint density at radius 2 is 2.16 bits per heavy atom. The van der Waals surface area contributed by atoms with E-state index in [-0.39, 0.29) is 11.1 Å². The topological polar surface area (TPSA) is 46.1 Å². The van der Waals surface area contributed by atoms with E-state index in [4.69, 9.17) is 11.6 Å². The van der Waals surface area contributed by atoms with E-state index in [0.29, 0.717) is 12.2 Å². The highest BCUT2D eigenvalue weighted by Crippen LogP contribution is 2.31. The van der Waals surface area contributed by atoms with E-state index in [2.05, 4.69) is 25.9 Å². The van der Waals surface area contributed by atoms with Crippen LogP contribution in [0.4, 0.5) is 5.69 Å². The Labute approximate surface area is 123 Å². The van der Waals surface area contributed by atoms with Gasteiger partial charge in [-0.25, -0.2) is 9.97 Å². The van der Waals surface area contributed by atoms with Crippen LogP contribution in [0.5, 0.6) is 0 Å². The molecule has 0 spiro atoms. The fourth-order valence-electron chi connectivity index (χ4n) is 2.17. The number of benzene rings is 1. The van der Waals surface area contributed by atoms with Gasteiger partial charge in [-0.1, -0.05) is 27.5 Å². The second-order valence-corrected chi connectivity index (χ2v) is 5.51. The van der Waals surface area contributed by atoms with Crippen molar-refractivity contribution in [3.8, 4) is 0 Å². The zero-order valence-corrected chi connectivity index (χ0v) is 12.1. The van der Waals surface area contributed by atoms with Crippen LogP contribution in [0, 0.1) is 0 Å². The third-order valence-corrected chi connectivity index (χ3v) is 3.74. The Kier molecular flexibility index (Phi) is 3.24. The van der Waals surface area contributed by atoms with Gasteiger partial charge in [-0.2, -0.15) is 0 Å². The average molecular weight is 339 g/mol. The number of anilines is 1. The second kappa shape index (κ2) is 4.90. The molecule has 0 saturated carbocycles. The Morgan fingerprint density at radius 1 is 1.32 bits per heavy atom. The lowest BCUT2D eigenvalue weighted by molar-refractivity contribution is 0.0984. The molecule has 1 amide bonds. The Hall–Kier alpha value is -1.46. The van der Waals surface area contributed by atoms with Crippen molar-refractivity contribution < 1.29 is 4.79 Å². The predicted octanol–water partition coefficient (Wildman–Crippen LogP) is 3.10. The monoisotopic (exact) mass is 337 g/mol. The van der Waals surface area contributed by atoms with Gasteiger partial charge in [-0.05, 0) is 30.2 Å². The van der Waals surface area contributed by atoms with Crippen LogP contribution in [0.3, 0.4) is 0 Å². The molecule has 0 aliphatic carbocycles. The maximum atomic E-state index is 12.4. The second-order valence-electron chi connectivity index (χ2n) is 4.21. The molecule has 3 rings (SSSR count). The summed E-state index contributed by atoms with van der Waals surface area (Å²) in [6.45, 7) is 0.659. The van der Waals surface area contributed by atoms with E-state index in [9.17, 15) is 4.79 Å². The highest BCUT2D eigenvalue weighted by atomic mass is 79.9. The average Bonchev–Trinajstić information content (AvgIpc) is 2.80. The van der Waals surface area contributed by atoms with Gasteiger partial charge in [0, 0.05) is 22.8 Å². The summed E-state index contributed by atoms with van der Waals surface area (Å²) in [5.74, 6) is -0.148. The predicted molar refractivity (Wildman–Crippen MR) is 76.6 cm³/mol. The highest BCUT2D eigenvalue weighted by molar-refractivity contribution is 9.10. The normalized spacial score (nSPS) is 13.5. The summed E-state index contributed by atoms with van der Waals surface area (Å²) in [5.41, 5.74) is 2.40. The van der Waals surface area contributed by atoms with Crippen LogP contribution >= 0.6 is 27.5 Å². The van der Waals surface area contributed by atoms with Crippen LogP contribution in [0.2, 0.25) is 5.15 Å². The minimum absolute atomic E-state index is 0.148. The van der Waals surface area contributed by atoms with E-state index < -0.39 is 0 Å². The van der Waals surface area contributed by atoms with Crippen LogP contribution < -0.4 is 4.90 Å². The molecule has 96 valence electrons. The molecular weight excluding hydrogens is 330 g/mol. The quantitative estimate of drug-likeness (QED) is 0.751. The van der Waals surface area contributed by atoms with Crippen LogP contribution in [0.15, 0.2) is 35.1 Å². The molecule has 1 aliphatic rings. The minimum Gasteiger partial charge on any atom is -0.306 e. The lowest BCUT2D eigenvalue weighted by Crippen LogP contribution is -2.29. The van der Waals surface area contributed by atoms with Crippen molar-refractivity contribution in [2.75, 3.05) is 11.4 Å². The number of halogens is 2. The van der Waals surface area contributed by atoms with Crippen molar-refractivity contribution in [1.29, 1.82) is 0 Å². The molecule has 6 heteroatoms. The van der Waals surface area contributed by atoms with E-state index in [1.54, 1.807) is 4.90 Å². The molecule has 0 fully saturated rings. The van der Waals surface area contributed by atoms with E-state index in [1.807, 2.05) is 18.2 Å². The number of fused-ring (bicyclic) bond motifs is 1. The van der Waals surface area contributed by atoms with Crippen molar-refractivity contribution >= 4 is 39.1 Å². The molecule has 0 bridgehead atoms. The van der Waals surface area contributed by atoms with Crippen molar-refractivity contribution in [3.05, 3.63) is 51.5 Å². The van der Waals surface area contributed by atoms with Gasteiger partial charge in [0.05, 0.1) is 0 Å². The van der Waals surface area contributed by atoms with Crippen LogP contribution in [0.1, 0.15) is 16.1 Å². The van der Waals surface area contributed by atoms with Gasteiger partial charge in [0.15, 0.2) is 0 Å². The molecule has 0 atom stereocenters. The van der Waals surface area contributed by atoms with Crippen molar-refractivity contribution in [2.24, 2.45) is 0 Å². The van der Waals surface area contributed by atoms with Gasteiger partial charge in [-0.3, -0.25) is 4.79 Å². The lowest BCUT2D eigenvalue weighted by atomic mass is 10.2. The van der Waals surface area contributed by atoms with E-state index >= 15 is 0 Å². The van der Waals surface area contributed by atoms with Gasteiger partial charge < -0.3 is 4.90 Å². The number of hydrogen-bond donors (Lipinski definition) is 0. The molecule has 0 unspecified atom stereocenters. The molecule has 2 heterocycles. The third kappa shape index (κ3) is 2.35. The van der Waals surface area contributed by atoms with Gasteiger partial charge in [0.2, 0.25) is 0 Å². The molecular formula is C13H9BrClN3O. The van der Waals surface area contributed by atoms with Crippen LogP contribution in [-0.4, -0.2) is 22.4 Å². The zero-order valence-electron chi connectivity index (χ0n) is 9.81. The molecule has 0 N–H and O–H groups in total. The maximum Gasteiger partial charge on any atom is 0.277 e. The van der Waals surface area contributed by atoms with Gasteiger partial charge in [0.1, 0.15) is 17.2 Å². The molecule has 0 saturated heterocycles. The fraction of sp³-hybridized carbons (Fsp3) is 0.154. The maximum absolute atomic E-state index is 12.4. The Morgan fingerprint density at radius 3 is 2.95 bits per heavy atom. The zero-order chi connectivity index (χ0) is 13.4. The van der Waals surface area contributed by atoms with Gasteiger partial charge in [-0.15, -0.1) is 0 Å². The van der Waals surface area contributed by atoms with Gasteiger partial charge in [0.25, 0.3) is 5.91 Å². The number of rotatable bonds is 1. The first-order valence-electron chi connectivity index (χ1n) is 5.73. The largest absolute Gasteiger partial charge is 0.306 e. The molecule has 2 aromatic rings. The summed E-state index contributed by atoms with van der Waals surface area (Å²) >= 11 is 9.22. The number of amides is 1. The number of carbonyl (C=O) groups excluding carboxylic acids is 1. The lowest BCUT2D eigenvalue weighted by Gasteiger charge is -2.16. The number of hydrogen-bond acceptors (Lipinski definition) is 3. The molecule has 1 aliphatic heterocycles. The summed E-state index contributed by atoms with van der Waals surface area (Å²) in [4.78, 5) is 21.9. The molecule has 19 heavy (non-hydrogen) atoms. The first-order chi connectivity index (χ1) is 9.15. The van der Waals surface area contributed by atoms with E-state index in [0.717, 1.165) is 22.1 Å². The first-order valence-corrected chi connectivity index (χ1v) is 6.90. The molecule has 4 nitrogen and oxygen atoms in total. The first kappa shape index (κ1) is 12.6. The highest BCUT2D eigenvalue weighted by Gasteiger charge is 2.26. The summed E-state index contributed by atoms with van der Waals surface area (Å²) in [7, 11) is 0. The molecule has 1 aromatic carbocycles. The standard InChI is InChI=1S/C13H9BrClN3O/c14-9-1-2-11-8(5-9)3-4-18(11)13(19)10-6-12(15)17-7-16-10/h1-2,5-7H,3-4H2. The summed E-state index contributed by atoms with van der Waals surface area (Å²) in [5, 5.41) is 0.272. The van der Waals surface area contributed by atoms with Crippen LogP contribution in [-0.2, 0) is 6.42 Å². The van der Waals surface area contributed by atoms with Crippen molar-refractivity contribution in [3.63, 3.8) is 0 Å². The molecule has 1 aromatic heterocycles. The number of carbonyl (C=O) groups is 1. The van der Waals surface area contributed by atoms with E-state index in [1.165, 1.54) is 12.4 Å². The van der Waals surface area contributed by atoms with Crippen molar-refractivity contribution in [1.82, 2.24) is 9.97 Å². The fourth-order valence-corrected chi connectivity index (χ4v) is 2.73. The number of aromatic nitrogens is 2. The third-order valence-electron chi connectivity index (χ3n) is 3.04. The molecule has 0 radical (unpaired) electrons. The van der Waals surface area contributed by atoms with Gasteiger partial charge >= 0.3 is 0 Å². The smallest absolute Gasteiger partial charge is 0.277 e. The SMILES string of the molecule is O=C(c1cc(Cl)ncn1)N1CCc2cc(Br)ccc21.